The number of carbonyl (C=O) groups excluding carboxylic acids is 1. The Kier molecular flexibility index (Phi) is 7.06. The molecule has 5 nitrogen and oxygen atoms in total. The Balaban J connectivity index is 1.63. The molecule has 0 aromatic heterocycles. The number of piperidine rings is 1. The van der Waals surface area contributed by atoms with Crippen molar-refractivity contribution in [3.63, 3.8) is 0 Å². The molecule has 1 aromatic rings. The molecule has 5 heteroatoms. The lowest BCUT2D eigenvalue weighted by atomic mass is 10.0. The Morgan fingerprint density at radius 2 is 2.00 bits per heavy atom. The van der Waals surface area contributed by atoms with E-state index in [1.165, 1.54) is 18.4 Å². The van der Waals surface area contributed by atoms with E-state index in [-0.39, 0.29) is 6.09 Å². The summed E-state index contributed by atoms with van der Waals surface area (Å²) in [5.74, 6) is 0. The molecule has 1 aliphatic heterocycles. The standard InChI is InChI=1S/C19H31N3O2/c1-19(2,3)24-18(23)21-12-11-20-17-10-7-13-22(15-17)14-16-8-5-4-6-9-16/h4-6,8-9,17,20H,7,10-15H2,1-3H3,(H,21,23). The van der Waals surface area contributed by atoms with Crippen LogP contribution in [0.5, 0.6) is 0 Å². The summed E-state index contributed by atoms with van der Waals surface area (Å²) < 4.78 is 5.23. The van der Waals surface area contributed by atoms with Crippen LogP contribution < -0.4 is 10.6 Å². The highest BCUT2D eigenvalue weighted by atomic mass is 16.6. The Hall–Kier alpha value is -1.59. The SMILES string of the molecule is CC(C)(C)OC(=O)NCCNC1CCCN(Cc2ccccc2)C1. The third-order valence-corrected chi connectivity index (χ3v) is 3.98. The van der Waals surface area contributed by atoms with Crippen LogP contribution >= 0.6 is 0 Å². The number of benzene rings is 1. The number of alkyl carbamates (subject to hydrolysis) is 1. The van der Waals surface area contributed by atoms with Crippen LogP contribution in [0.4, 0.5) is 4.79 Å². The van der Waals surface area contributed by atoms with E-state index in [2.05, 4.69) is 45.9 Å². The fraction of sp³-hybridized carbons (Fsp3) is 0.632. The van der Waals surface area contributed by atoms with Gasteiger partial charge in [-0.2, -0.15) is 0 Å². The first-order valence-corrected chi connectivity index (χ1v) is 8.89. The Morgan fingerprint density at radius 1 is 1.25 bits per heavy atom. The van der Waals surface area contributed by atoms with Crippen LogP contribution in [0.2, 0.25) is 0 Å². The molecule has 1 aliphatic rings. The third kappa shape index (κ3) is 7.32. The maximum absolute atomic E-state index is 11.6. The van der Waals surface area contributed by atoms with Gasteiger partial charge in [0.05, 0.1) is 0 Å². The second-order valence-electron chi connectivity index (χ2n) is 7.44. The number of hydrogen-bond donors (Lipinski definition) is 2. The molecule has 1 saturated heterocycles. The van der Waals surface area contributed by atoms with Gasteiger partial charge in [-0.3, -0.25) is 4.90 Å². The Labute approximate surface area is 145 Å². The summed E-state index contributed by atoms with van der Waals surface area (Å²) in [5.41, 5.74) is 0.920. The van der Waals surface area contributed by atoms with Crippen LogP contribution in [-0.2, 0) is 11.3 Å². The van der Waals surface area contributed by atoms with Gasteiger partial charge in [0.2, 0.25) is 0 Å². The number of nitrogens with zero attached hydrogens (tertiary/aromatic N) is 1. The van der Waals surface area contributed by atoms with Gasteiger partial charge in [-0.15, -0.1) is 0 Å². The summed E-state index contributed by atoms with van der Waals surface area (Å²) in [4.78, 5) is 14.1. The summed E-state index contributed by atoms with van der Waals surface area (Å²) in [6.45, 7) is 10.2. The quantitative estimate of drug-likeness (QED) is 0.786. The fourth-order valence-corrected chi connectivity index (χ4v) is 2.96. The number of nitrogens with one attached hydrogen (secondary N) is 2. The van der Waals surface area contributed by atoms with Crippen molar-refractivity contribution in [1.82, 2.24) is 15.5 Å². The zero-order valence-corrected chi connectivity index (χ0v) is 15.2. The number of amides is 1. The largest absolute Gasteiger partial charge is 0.444 e. The monoisotopic (exact) mass is 333 g/mol. The second kappa shape index (κ2) is 9.04. The zero-order chi connectivity index (χ0) is 17.4. The normalized spacial score (nSPS) is 19.0. The van der Waals surface area contributed by atoms with Crippen LogP contribution in [0.15, 0.2) is 30.3 Å². The maximum Gasteiger partial charge on any atom is 0.407 e. The maximum atomic E-state index is 11.6. The minimum absolute atomic E-state index is 0.348. The highest BCUT2D eigenvalue weighted by Gasteiger charge is 2.19. The first-order valence-electron chi connectivity index (χ1n) is 8.89. The molecule has 0 spiro atoms. The van der Waals surface area contributed by atoms with Gasteiger partial charge >= 0.3 is 6.09 Å². The predicted molar refractivity (Wildman–Crippen MR) is 97.0 cm³/mol. The molecule has 1 atom stereocenters. The van der Waals surface area contributed by atoms with Gasteiger partial charge in [-0.1, -0.05) is 30.3 Å². The van der Waals surface area contributed by atoms with Gasteiger partial charge in [0.25, 0.3) is 0 Å². The van der Waals surface area contributed by atoms with Crippen molar-refractivity contribution in [1.29, 1.82) is 0 Å². The predicted octanol–water partition coefficient (Wildman–Crippen LogP) is 2.77. The molecule has 0 aliphatic carbocycles. The van der Waals surface area contributed by atoms with Gasteiger partial charge in [0.1, 0.15) is 5.60 Å². The Morgan fingerprint density at radius 3 is 2.71 bits per heavy atom. The van der Waals surface area contributed by atoms with Crippen molar-refractivity contribution < 1.29 is 9.53 Å². The molecule has 1 fully saturated rings. The Bertz CT molecular complexity index is 499. The number of rotatable bonds is 6. The lowest BCUT2D eigenvalue weighted by molar-refractivity contribution is 0.0527. The number of ether oxygens (including phenoxy) is 1. The lowest BCUT2D eigenvalue weighted by Gasteiger charge is -2.33. The van der Waals surface area contributed by atoms with Crippen LogP contribution in [0, 0.1) is 0 Å². The topological polar surface area (TPSA) is 53.6 Å². The third-order valence-electron chi connectivity index (χ3n) is 3.98. The molecule has 0 bridgehead atoms. The van der Waals surface area contributed by atoms with Gasteiger partial charge in [-0.25, -0.2) is 4.79 Å². The molecule has 1 amide bonds. The van der Waals surface area contributed by atoms with E-state index in [4.69, 9.17) is 4.74 Å². The first-order chi connectivity index (χ1) is 11.4. The molecule has 134 valence electrons. The number of likely N-dealkylation sites (tertiary alicyclic amines) is 1. The van der Waals surface area contributed by atoms with Crippen molar-refractivity contribution >= 4 is 6.09 Å². The van der Waals surface area contributed by atoms with Gasteiger partial charge in [0, 0.05) is 32.2 Å². The molecule has 2 rings (SSSR count). The molecular formula is C19H31N3O2. The van der Waals surface area contributed by atoms with Crippen molar-refractivity contribution in [2.75, 3.05) is 26.2 Å². The van der Waals surface area contributed by atoms with Gasteiger partial charge in [-0.05, 0) is 45.7 Å². The van der Waals surface area contributed by atoms with E-state index in [0.717, 1.165) is 26.2 Å². The summed E-state index contributed by atoms with van der Waals surface area (Å²) in [6, 6.07) is 11.1. The van der Waals surface area contributed by atoms with Crippen molar-refractivity contribution in [2.24, 2.45) is 0 Å². The van der Waals surface area contributed by atoms with Crippen LogP contribution in [0.25, 0.3) is 0 Å². The van der Waals surface area contributed by atoms with E-state index < -0.39 is 5.60 Å². The minimum Gasteiger partial charge on any atom is -0.444 e. The molecular weight excluding hydrogens is 302 g/mol. The first kappa shape index (κ1) is 18.7. The van der Waals surface area contributed by atoms with Crippen LogP contribution in [0.3, 0.4) is 0 Å². The van der Waals surface area contributed by atoms with E-state index in [1.54, 1.807) is 0 Å². The summed E-state index contributed by atoms with van der Waals surface area (Å²) in [5, 5.41) is 6.34. The molecule has 1 aromatic carbocycles. The van der Waals surface area contributed by atoms with Gasteiger partial charge < -0.3 is 15.4 Å². The summed E-state index contributed by atoms with van der Waals surface area (Å²) in [6.07, 6.45) is 2.06. The zero-order valence-electron chi connectivity index (χ0n) is 15.2. The molecule has 0 radical (unpaired) electrons. The molecule has 24 heavy (non-hydrogen) atoms. The highest BCUT2D eigenvalue weighted by molar-refractivity contribution is 5.67. The number of carbonyl (C=O) groups is 1. The molecule has 1 unspecified atom stereocenters. The average Bonchev–Trinajstić information content (AvgIpc) is 2.51. The van der Waals surface area contributed by atoms with E-state index in [1.807, 2.05) is 20.8 Å². The van der Waals surface area contributed by atoms with Crippen molar-refractivity contribution in [3.05, 3.63) is 35.9 Å². The summed E-state index contributed by atoms with van der Waals surface area (Å²) >= 11 is 0. The molecule has 0 saturated carbocycles. The smallest absolute Gasteiger partial charge is 0.407 e. The van der Waals surface area contributed by atoms with Crippen LogP contribution in [-0.4, -0.2) is 48.8 Å². The van der Waals surface area contributed by atoms with Crippen molar-refractivity contribution in [2.45, 2.75) is 51.8 Å². The fourth-order valence-electron chi connectivity index (χ4n) is 2.96. The van der Waals surface area contributed by atoms with E-state index >= 15 is 0 Å². The van der Waals surface area contributed by atoms with Crippen molar-refractivity contribution in [3.8, 4) is 0 Å². The van der Waals surface area contributed by atoms with E-state index in [0.29, 0.717) is 12.6 Å². The lowest BCUT2D eigenvalue weighted by Crippen LogP contribution is -2.47. The summed E-state index contributed by atoms with van der Waals surface area (Å²) in [7, 11) is 0. The second-order valence-corrected chi connectivity index (χ2v) is 7.44. The van der Waals surface area contributed by atoms with E-state index in [9.17, 15) is 4.79 Å². The average molecular weight is 333 g/mol. The minimum atomic E-state index is -0.446. The molecule has 1 heterocycles. The number of hydrogen-bond acceptors (Lipinski definition) is 4. The molecule has 2 N–H and O–H groups in total. The van der Waals surface area contributed by atoms with Crippen LogP contribution in [0.1, 0.15) is 39.2 Å². The highest BCUT2D eigenvalue weighted by Crippen LogP contribution is 2.13. The van der Waals surface area contributed by atoms with Gasteiger partial charge in [0.15, 0.2) is 0 Å².